The molecule has 17 heavy (non-hydrogen) atoms. The molecule has 0 fully saturated rings. The van der Waals surface area contributed by atoms with Crippen molar-refractivity contribution in [2.75, 3.05) is 6.61 Å². The number of aryl methyl sites for hydroxylation is 1. The summed E-state index contributed by atoms with van der Waals surface area (Å²) in [5.74, 6) is -1.19. The molecule has 0 aromatic heterocycles. The van der Waals surface area contributed by atoms with Crippen LogP contribution in [0.25, 0.3) is 0 Å². The maximum Gasteiger partial charge on any atom is 0.310 e. The number of aliphatic carboxylic acids is 1. The highest BCUT2D eigenvalue weighted by molar-refractivity contribution is 5.73. The molecule has 0 aliphatic carbocycles. The molecule has 0 radical (unpaired) electrons. The predicted molar refractivity (Wildman–Crippen MR) is 62.7 cm³/mol. The molecule has 0 unspecified atom stereocenters. The quantitative estimate of drug-likeness (QED) is 0.605. The van der Waals surface area contributed by atoms with Crippen molar-refractivity contribution in [2.24, 2.45) is 0 Å². The van der Waals surface area contributed by atoms with Gasteiger partial charge < -0.3 is 9.84 Å². The van der Waals surface area contributed by atoms with Gasteiger partial charge in [-0.1, -0.05) is 24.3 Å². The number of carbonyl (C=O) groups excluding carboxylic acids is 1. The summed E-state index contributed by atoms with van der Waals surface area (Å²) in [5, 5.41) is 8.41. The van der Waals surface area contributed by atoms with Crippen LogP contribution in [0.5, 0.6) is 0 Å². The second kappa shape index (κ2) is 6.68. The van der Waals surface area contributed by atoms with E-state index in [1.807, 2.05) is 31.2 Å². The molecule has 4 heteroatoms. The molecule has 92 valence electrons. The molecule has 0 amide bonds. The van der Waals surface area contributed by atoms with Gasteiger partial charge in [-0.3, -0.25) is 9.59 Å². The standard InChI is InChI=1S/C13H16O4/c1-10-5-2-3-6-11(10)9-13(16)17-8-4-7-12(14)15/h2-3,5-6H,4,7-9H2,1H3,(H,14,15). The van der Waals surface area contributed by atoms with Crippen LogP contribution < -0.4 is 0 Å². The zero-order valence-electron chi connectivity index (χ0n) is 9.81. The van der Waals surface area contributed by atoms with E-state index in [-0.39, 0.29) is 25.4 Å². The number of ether oxygens (including phenoxy) is 1. The van der Waals surface area contributed by atoms with E-state index in [1.165, 1.54) is 0 Å². The summed E-state index contributed by atoms with van der Waals surface area (Å²) in [7, 11) is 0. The second-order valence-corrected chi connectivity index (χ2v) is 3.82. The third kappa shape index (κ3) is 5.15. The molecule has 0 atom stereocenters. The number of carboxylic acid groups (broad SMARTS) is 1. The average molecular weight is 236 g/mol. The Bertz CT molecular complexity index is 398. The molecular formula is C13H16O4. The predicted octanol–water partition coefficient (Wildman–Crippen LogP) is 1.95. The van der Waals surface area contributed by atoms with E-state index in [0.717, 1.165) is 11.1 Å². The summed E-state index contributed by atoms with van der Waals surface area (Å²) in [6.45, 7) is 2.10. The zero-order valence-corrected chi connectivity index (χ0v) is 9.81. The summed E-state index contributed by atoms with van der Waals surface area (Å²) in [4.78, 5) is 21.7. The highest BCUT2D eigenvalue weighted by Gasteiger charge is 2.07. The van der Waals surface area contributed by atoms with Crippen molar-refractivity contribution >= 4 is 11.9 Å². The van der Waals surface area contributed by atoms with Crippen LogP contribution in [0.1, 0.15) is 24.0 Å². The van der Waals surface area contributed by atoms with Crippen LogP contribution in [-0.4, -0.2) is 23.7 Å². The van der Waals surface area contributed by atoms with Crippen LogP contribution in [-0.2, 0) is 20.7 Å². The number of carboxylic acids is 1. The van der Waals surface area contributed by atoms with Crippen LogP contribution in [0.15, 0.2) is 24.3 Å². The first-order valence-electron chi connectivity index (χ1n) is 5.51. The number of hydrogen-bond donors (Lipinski definition) is 1. The Labute approximate surface area is 100 Å². The Kier molecular flexibility index (Phi) is 5.20. The Morgan fingerprint density at radius 2 is 2.00 bits per heavy atom. The lowest BCUT2D eigenvalue weighted by Crippen LogP contribution is -2.10. The highest BCUT2D eigenvalue weighted by atomic mass is 16.5. The van der Waals surface area contributed by atoms with Gasteiger partial charge in [0.15, 0.2) is 0 Å². The number of esters is 1. The van der Waals surface area contributed by atoms with Gasteiger partial charge in [-0.15, -0.1) is 0 Å². The number of carbonyl (C=O) groups is 2. The molecule has 1 N–H and O–H groups in total. The largest absolute Gasteiger partial charge is 0.481 e. The van der Waals surface area contributed by atoms with Gasteiger partial charge in [-0.25, -0.2) is 0 Å². The van der Waals surface area contributed by atoms with Gasteiger partial charge in [0.1, 0.15) is 0 Å². The second-order valence-electron chi connectivity index (χ2n) is 3.82. The number of hydrogen-bond acceptors (Lipinski definition) is 3. The van der Waals surface area contributed by atoms with Crippen molar-refractivity contribution in [3.05, 3.63) is 35.4 Å². The lowest BCUT2D eigenvalue weighted by Gasteiger charge is -2.06. The van der Waals surface area contributed by atoms with Crippen molar-refractivity contribution in [2.45, 2.75) is 26.2 Å². The van der Waals surface area contributed by atoms with E-state index in [0.29, 0.717) is 6.42 Å². The van der Waals surface area contributed by atoms with E-state index in [2.05, 4.69) is 0 Å². The minimum absolute atomic E-state index is 0.0254. The van der Waals surface area contributed by atoms with E-state index in [9.17, 15) is 9.59 Å². The normalized spacial score (nSPS) is 9.94. The first kappa shape index (κ1) is 13.2. The Morgan fingerprint density at radius 1 is 1.29 bits per heavy atom. The summed E-state index contributed by atoms with van der Waals surface area (Å²) >= 11 is 0. The summed E-state index contributed by atoms with van der Waals surface area (Å²) in [6, 6.07) is 7.61. The molecule has 1 aromatic rings. The molecular weight excluding hydrogens is 220 g/mol. The van der Waals surface area contributed by atoms with E-state index in [1.54, 1.807) is 0 Å². The van der Waals surface area contributed by atoms with E-state index < -0.39 is 5.97 Å². The molecule has 0 saturated carbocycles. The molecule has 1 rings (SSSR count). The van der Waals surface area contributed by atoms with Gasteiger partial charge in [0.05, 0.1) is 13.0 Å². The van der Waals surface area contributed by atoms with Crippen LogP contribution in [0.4, 0.5) is 0 Å². The molecule has 4 nitrogen and oxygen atoms in total. The lowest BCUT2D eigenvalue weighted by molar-refractivity contribution is -0.144. The molecule has 0 bridgehead atoms. The van der Waals surface area contributed by atoms with E-state index >= 15 is 0 Å². The van der Waals surface area contributed by atoms with Crippen molar-refractivity contribution in [1.82, 2.24) is 0 Å². The van der Waals surface area contributed by atoms with Gasteiger partial charge in [0.25, 0.3) is 0 Å². The third-order valence-electron chi connectivity index (χ3n) is 2.39. The topological polar surface area (TPSA) is 63.6 Å². The summed E-state index contributed by atoms with van der Waals surface area (Å²) in [5.41, 5.74) is 1.99. The third-order valence-corrected chi connectivity index (χ3v) is 2.39. The molecule has 1 aromatic carbocycles. The monoisotopic (exact) mass is 236 g/mol. The summed E-state index contributed by atoms with van der Waals surface area (Å²) < 4.78 is 4.95. The molecule has 0 aliphatic heterocycles. The molecule has 0 aliphatic rings. The van der Waals surface area contributed by atoms with Crippen molar-refractivity contribution in [3.8, 4) is 0 Å². The zero-order chi connectivity index (χ0) is 12.7. The van der Waals surface area contributed by atoms with Gasteiger partial charge in [0.2, 0.25) is 0 Å². The highest BCUT2D eigenvalue weighted by Crippen LogP contribution is 2.08. The Morgan fingerprint density at radius 3 is 2.65 bits per heavy atom. The van der Waals surface area contributed by atoms with Gasteiger partial charge in [-0.05, 0) is 24.5 Å². The van der Waals surface area contributed by atoms with Gasteiger partial charge >= 0.3 is 11.9 Å². The Balaban J connectivity index is 2.30. The summed E-state index contributed by atoms with van der Waals surface area (Å²) in [6.07, 6.45) is 0.617. The maximum atomic E-state index is 11.4. The smallest absolute Gasteiger partial charge is 0.310 e. The van der Waals surface area contributed by atoms with Crippen molar-refractivity contribution in [1.29, 1.82) is 0 Å². The first-order chi connectivity index (χ1) is 8.09. The van der Waals surface area contributed by atoms with Gasteiger partial charge in [-0.2, -0.15) is 0 Å². The molecule has 0 saturated heterocycles. The lowest BCUT2D eigenvalue weighted by atomic mass is 10.1. The van der Waals surface area contributed by atoms with Crippen molar-refractivity contribution in [3.63, 3.8) is 0 Å². The van der Waals surface area contributed by atoms with Crippen LogP contribution >= 0.6 is 0 Å². The minimum atomic E-state index is -0.875. The fraction of sp³-hybridized carbons (Fsp3) is 0.385. The van der Waals surface area contributed by atoms with Crippen LogP contribution in [0.2, 0.25) is 0 Å². The van der Waals surface area contributed by atoms with Gasteiger partial charge in [0, 0.05) is 6.42 Å². The van der Waals surface area contributed by atoms with Crippen LogP contribution in [0.3, 0.4) is 0 Å². The Hall–Kier alpha value is -1.84. The van der Waals surface area contributed by atoms with Crippen LogP contribution in [0, 0.1) is 6.92 Å². The fourth-order valence-corrected chi connectivity index (χ4v) is 1.42. The average Bonchev–Trinajstić information content (AvgIpc) is 2.27. The fourth-order valence-electron chi connectivity index (χ4n) is 1.42. The van der Waals surface area contributed by atoms with E-state index in [4.69, 9.17) is 9.84 Å². The minimum Gasteiger partial charge on any atom is -0.481 e. The molecule has 0 spiro atoms. The molecule has 0 heterocycles. The number of benzene rings is 1. The van der Waals surface area contributed by atoms with Crippen molar-refractivity contribution < 1.29 is 19.4 Å². The maximum absolute atomic E-state index is 11.4. The SMILES string of the molecule is Cc1ccccc1CC(=O)OCCCC(=O)O. The number of rotatable bonds is 6. The first-order valence-corrected chi connectivity index (χ1v) is 5.51.